The lowest BCUT2D eigenvalue weighted by Crippen LogP contribution is -2.49. The maximum absolute atomic E-state index is 5.93. The first kappa shape index (κ1) is 21.4. The summed E-state index contributed by atoms with van der Waals surface area (Å²) < 4.78 is 7.75. The first-order valence-corrected chi connectivity index (χ1v) is 9.43. The molecule has 1 unspecified atom stereocenters. The molecule has 26 heavy (non-hydrogen) atoms. The fraction of sp³-hybridized carbons (Fsp3) is 0.778. The maximum Gasteiger partial charge on any atom is 0.193 e. The molecule has 3 rings (SSSR count). The molecule has 1 N–H and O–H groups in total. The van der Waals surface area contributed by atoms with Crippen LogP contribution < -0.4 is 5.32 Å². The standard InChI is InChI=1S/C18H32N6O.HI/c1-19-18(20-8-9-22(2)16-6-4-5-7-16)24-10-11-25-17(14-24)15-12-21-23(3)13-15;/h12-13,16-17H,4-11,14H2,1-3H3,(H,19,20);1H. The summed E-state index contributed by atoms with van der Waals surface area (Å²) in [4.78, 5) is 9.26. The van der Waals surface area contributed by atoms with Gasteiger partial charge in [-0.3, -0.25) is 9.67 Å². The number of morpholine rings is 1. The molecule has 0 amide bonds. The van der Waals surface area contributed by atoms with Gasteiger partial charge in [0.2, 0.25) is 0 Å². The average molecular weight is 476 g/mol. The molecule has 0 aromatic carbocycles. The SMILES string of the molecule is CN=C(NCCN(C)C1CCCC1)N1CCOC(c2cnn(C)c2)C1.I. The van der Waals surface area contributed by atoms with Crippen LogP contribution in [0.4, 0.5) is 0 Å². The van der Waals surface area contributed by atoms with Gasteiger partial charge in [0.1, 0.15) is 6.10 Å². The van der Waals surface area contributed by atoms with Gasteiger partial charge in [-0.1, -0.05) is 12.8 Å². The van der Waals surface area contributed by atoms with E-state index in [2.05, 4.69) is 32.3 Å². The Morgan fingerprint density at radius 1 is 1.42 bits per heavy atom. The molecular weight excluding hydrogens is 443 g/mol. The zero-order chi connectivity index (χ0) is 17.6. The summed E-state index contributed by atoms with van der Waals surface area (Å²) in [6.07, 6.45) is 9.44. The Labute approximate surface area is 174 Å². The van der Waals surface area contributed by atoms with E-state index < -0.39 is 0 Å². The molecule has 1 saturated heterocycles. The van der Waals surface area contributed by atoms with Crippen molar-refractivity contribution in [2.24, 2.45) is 12.0 Å². The van der Waals surface area contributed by atoms with Gasteiger partial charge >= 0.3 is 0 Å². The number of aliphatic imine (C=N–C) groups is 1. The van der Waals surface area contributed by atoms with Crippen molar-refractivity contribution in [1.29, 1.82) is 0 Å². The minimum Gasteiger partial charge on any atom is -0.370 e. The van der Waals surface area contributed by atoms with Crippen molar-refractivity contribution >= 4 is 29.9 Å². The van der Waals surface area contributed by atoms with Crippen molar-refractivity contribution in [2.75, 3.05) is 46.9 Å². The predicted octanol–water partition coefficient (Wildman–Crippen LogP) is 1.86. The minimum atomic E-state index is 0. The van der Waals surface area contributed by atoms with Crippen molar-refractivity contribution in [2.45, 2.75) is 37.8 Å². The molecular formula is C18H33IN6O. The fourth-order valence-corrected chi connectivity index (χ4v) is 3.85. The highest BCUT2D eigenvalue weighted by Crippen LogP contribution is 2.22. The lowest BCUT2D eigenvalue weighted by atomic mass is 10.1. The quantitative estimate of drug-likeness (QED) is 0.400. The number of aromatic nitrogens is 2. The molecule has 2 aliphatic rings. The number of nitrogens with zero attached hydrogens (tertiary/aromatic N) is 5. The van der Waals surface area contributed by atoms with Crippen molar-refractivity contribution in [3.63, 3.8) is 0 Å². The molecule has 8 heteroatoms. The van der Waals surface area contributed by atoms with Gasteiger partial charge in [0.15, 0.2) is 5.96 Å². The summed E-state index contributed by atoms with van der Waals surface area (Å²) in [5.41, 5.74) is 1.13. The Hall–Kier alpha value is -0.870. The van der Waals surface area contributed by atoms with E-state index in [9.17, 15) is 0 Å². The summed E-state index contributed by atoms with van der Waals surface area (Å²) in [6.45, 7) is 4.37. The molecule has 0 spiro atoms. The van der Waals surface area contributed by atoms with Gasteiger partial charge in [-0.2, -0.15) is 5.10 Å². The summed E-state index contributed by atoms with van der Waals surface area (Å²) in [5, 5.41) is 7.78. The van der Waals surface area contributed by atoms with E-state index in [1.807, 2.05) is 31.2 Å². The van der Waals surface area contributed by atoms with Crippen LogP contribution in [0, 0.1) is 0 Å². The number of guanidine groups is 1. The Morgan fingerprint density at radius 3 is 2.85 bits per heavy atom. The number of likely N-dealkylation sites (N-methyl/N-ethyl adjacent to an activating group) is 1. The molecule has 1 atom stereocenters. The van der Waals surface area contributed by atoms with E-state index in [1.54, 1.807) is 0 Å². The van der Waals surface area contributed by atoms with E-state index in [0.29, 0.717) is 6.61 Å². The van der Waals surface area contributed by atoms with Gasteiger partial charge in [0.25, 0.3) is 0 Å². The molecule has 0 radical (unpaired) electrons. The highest BCUT2D eigenvalue weighted by Gasteiger charge is 2.25. The third-order valence-electron chi connectivity index (χ3n) is 5.37. The van der Waals surface area contributed by atoms with E-state index in [1.165, 1.54) is 25.7 Å². The zero-order valence-corrected chi connectivity index (χ0v) is 18.6. The Bertz CT molecular complexity index is 572. The second-order valence-electron chi connectivity index (χ2n) is 7.15. The van der Waals surface area contributed by atoms with Gasteiger partial charge < -0.3 is 19.9 Å². The highest BCUT2D eigenvalue weighted by molar-refractivity contribution is 14.0. The Balaban J connectivity index is 0.00000243. The molecule has 2 heterocycles. The number of hydrogen-bond donors (Lipinski definition) is 1. The molecule has 2 fully saturated rings. The van der Waals surface area contributed by atoms with Crippen LogP contribution in [-0.2, 0) is 11.8 Å². The van der Waals surface area contributed by atoms with Crippen molar-refractivity contribution < 1.29 is 4.74 Å². The average Bonchev–Trinajstić information content (AvgIpc) is 3.30. The second kappa shape index (κ2) is 10.5. The van der Waals surface area contributed by atoms with Crippen LogP contribution >= 0.6 is 24.0 Å². The number of aryl methyl sites for hydroxylation is 1. The third-order valence-corrected chi connectivity index (χ3v) is 5.37. The predicted molar refractivity (Wildman–Crippen MR) is 115 cm³/mol. The number of nitrogens with one attached hydrogen (secondary N) is 1. The second-order valence-corrected chi connectivity index (χ2v) is 7.15. The van der Waals surface area contributed by atoms with E-state index in [0.717, 1.165) is 43.7 Å². The van der Waals surface area contributed by atoms with Gasteiger partial charge in [0.05, 0.1) is 19.3 Å². The zero-order valence-electron chi connectivity index (χ0n) is 16.2. The van der Waals surface area contributed by atoms with Crippen LogP contribution in [0.5, 0.6) is 0 Å². The first-order valence-electron chi connectivity index (χ1n) is 9.43. The normalized spacial score (nSPS) is 21.9. The number of halogens is 1. The van der Waals surface area contributed by atoms with Crippen LogP contribution in [0.3, 0.4) is 0 Å². The maximum atomic E-state index is 5.93. The van der Waals surface area contributed by atoms with E-state index in [4.69, 9.17) is 4.74 Å². The van der Waals surface area contributed by atoms with E-state index in [-0.39, 0.29) is 30.1 Å². The van der Waals surface area contributed by atoms with E-state index >= 15 is 0 Å². The van der Waals surface area contributed by atoms with Crippen LogP contribution in [0.15, 0.2) is 17.4 Å². The third kappa shape index (κ3) is 5.56. The van der Waals surface area contributed by atoms with Crippen molar-refractivity contribution in [3.05, 3.63) is 18.0 Å². The molecule has 7 nitrogen and oxygen atoms in total. The minimum absolute atomic E-state index is 0. The van der Waals surface area contributed by atoms with Gasteiger partial charge in [-0.05, 0) is 19.9 Å². The van der Waals surface area contributed by atoms with Crippen molar-refractivity contribution in [3.8, 4) is 0 Å². The fourth-order valence-electron chi connectivity index (χ4n) is 3.85. The lowest BCUT2D eigenvalue weighted by Gasteiger charge is -2.35. The summed E-state index contributed by atoms with van der Waals surface area (Å²) >= 11 is 0. The lowest BCUT2D eigenvalue weighted by molar-refractivity contribution is -0.00805. The Morgan fingerprint density at radius 2 is 2.19 bits per heavy atom. The molecule has 1 aromatic heterocycles. The van der Waals surface area contributed by atoms with Gasteiger partial charge in [-0.15, -0.1) is 24.0 Å². The van der Waals surface area contributed by atoms with Crippen molar-refractivity contribution in [1.82, 2.24) is 24.9 Å². The number of hydrogen-bond acceptors (Lipinski definition) is 4. The first-order chi connectivity index (χ1) is 12.2. The van der Waals surface area contributed by atoms with Crippen LogP contribution in [0.25, 0.3) is 0 Å². The number of rotatable bonds is 5. The van der Waals surface area contributed by atoms with Gasteiger partial charge in [-0.25, -0.2) is 0 Å². The summed E-state index contributed by atoms with van der Waals surface area (Å²) in [6, 6.07) is 0.766. The number of ether oxygens (including phenoxy) is 1. The van der Waals surface area contributed by atoms with Crippen LogP contribution in [-0.4, -0.2) is 78.5 Å². The molecule has 1 aliphatic heterocycles. The molecule has 0 bridgehead atoms. The summed E-state index contributed by atoms with van der Waals surface area (Å²) in [5.74, 6) is 0.969. The molecule has 1 aromatic rings. The highest BCUT2D eigenvalue weighted by atomic mass is 127. The van der Waals surface area contributed by atoms with Crippen LogP contribution in [0.1, 0.15) is 37.4 Å². The smallest absolute Gasteiger partial charge is 0.193 e. The molecule has 1 aliphatic carbocycles. The van der Waals surface area contributed by atoms with Crippen LogP contribution in [0.2, 0.25) is 0 Å². The topological polar surface area (TPSA) is 57.9 Å². The molecule has 1 saturated carbocycles. The monoisotopic (exact) mass is 476 g/mol. The van der Waals surface area contributed by atoms with Gasteiger partial charge in [0, 0.05) is 51.5 Å². The Kier molecular flexibility index (Phi) is 8.62. The largest absolute Gasteiger partial charge is 0.370 e. The molecule has 148 valence electrons. The summed E-state index contributed by atoms with van der Waals surface area (Å²) in [7, 11) is 6.04.